The highest BCUT2D eigenvalue weighted by Gasteiger charge is 2.32. The summed E-state index contributed by atoms with van der Waals surface area (Å²) in [6.07, 6.45) is 4.74. The molecular weight excluding hydrogens is 296 g/mol. The normalized spacial score (nSPS) is 20.9. The molecule has 5 heteroatoms. The molecule has 1 saturated heterocycles. The molecule has 1 fully saturated rings. The summed E-state index contributed by atoms with van der Waals surface area (Å²) in [5.41, 5.74) is 6.93. The number of likely N-dealkylation sites (tertiary alicyclic amines) is 1. The molecule has 1 amide bonds. The van der Waals surface area contributed by atoms with Gasteiger partial charge in [0.1, 0.15) is 0 Å². The summed E-state index contributed by atoms with van der Waals surface area (Å²) >= 11 is 1.71. The smallest absolute Gasteiger partial charge is 0.239 e. The molecule has 22 heavy (non-hydrogen) atoms. The van der Waals surface area contributed by atoms with E-state index in [1.54, 1.807) is 11.8 Å². The molecule has 0 saturated carbocycles. The number of aliphatic hydroxyl groups excluding tert-OH is 1. The zero-order valence-electron chi connectivity index (χ0n) is 13.1. The highest BCUT2D eigenvalue weighted by atomic mass is 32.2. The van der Waals surface area contributed by atoms with Crippen LogP contribution in [-0.2, 0) is 4.79 Å². The molecule has 0 aromatic heterocycles. The Balaban J connectivity index is 1.94. The lowest BCUT2D eigenvalue weighted by Crippen LogP contribution is -2.46. The van der Waals surface area contributed by atoms with Gasteiger partial charge in [-0.2, -0.15) is 11.8 Å². The number of thioether (sulfide) groups is 1. The number of benzene rings is 1. The molecule has 2 rings (SSSR count). The second kappa shape index (κ2) is 8.56. The molecule has 0 bridgehead atoms. The van der Waals surface area contributed by atoms with E-state index in [2.05, 4.69) is 0 Å². The lowest BCUT2D eigenvalue weighted by Gasteiger charge is -2.29. The summed E-state index contributed by atoms with van der Waals surface area (Å²) in [5.74, 6) is 0.940. The Bertz CT molecular complexity index is 469. The van der Waals surface area contributed by atoms with Crippen LogP contribution >= 0.6 is 11.8 Å². The minimum Gasteiger partial charge on any atom is -0.388 e. The maximum absolute atomic E-state index is 12.5. The summed E-state index contributed by atoms with van der Waals surface area (Å²) in [6.45, 7) is 0.762. The van der Waals surface area contributed by atoms with Crippen LogP contribution in [0.1, 0.15) is 37.4 Å². The van der Waals surface area contributed by atoms with Gasteiger partial charge in [0.25, 0.3) is 0 Å². The van der Waals surface area contributed by atoms with Gasteiger partial charge in [0.15, 0.2) is 0 Å². The Morgan fingerprint density at radius 3 is 2.86 bits per heavy atom. The van der Waals surface area contributed by atoms with Gasteiger partial charge in [0.05, 0.1) is 12.1 Å². The van der Waals surface area contributed by atoms with E-state index in [-0.39, 0.29) is 11.9 Å². The van der Waals surface area contributed by atoms with Crippen LogP contribution < -0.4 is 5.73 Å². The zero-order chi connectivity index (χ0) is 15.9. The topological polar surface area (TPSA) is 66.6 Å². The predicted molar refractivity (Wildman–Crippen MR) is 91.7 cm³/mol. The van der Waals surface area contributed by atoms with Crippen molar-refractivity contribution in [2.75, 3.05) is 18.6 Å². The standard InChI is InChI=1S/C17H26N2O2S/c1-22-11-9-15(18)17(21)19-10-5-8-14(19)12-16(20)13-6-3-2-4-7-13/h2-4,6-7,14-16,20H,5,8-12,18H2,1H3/t14?,15-,16?/m0/s1. The highest BCUT2D eigenvalue weighted by molar-refractivity contribution is 7.98. The Morgan fingerprint density at radius 2 is 2.18 bits per heavy atom. The van der Waals surface area contributed by atoms with E-state index in [4.69, 9.17) is 5.73 Å². The fourth-order valence-corrected chi connectivity index (χ4v) is 3.51. The molecule has 1 aliphatic heterocycles. The summed E-state index contributed by atoms with van der Waals surface area (Å²) < 4.78 is 0. The summed E-state index contributed by atoms with van der Waals surface area (Å²) in [4.78, 5) is 14.4. The monoisotopic (exact) mass is 322 g/mol. The summed E-state index contributed by atoms with van der Waals surface area (Å²) in [6, 6.07) is 9.33. The second-order valence-corrected chi connectivity index (χ2v) is 6.86. The van der Waals surface area contributed by atoms with E-state index in [1.807, 2.05) is 41.5 Å². The van der Waals surface area contributed by atoms with Gasteiger partial charge in [0, 0.05) is 12.6 Å². The fraction of sp³-hybridized carbons (Fsp3) is 0.588. The average Bonchev–Trinajstić information content (AvgIpc) is 3.00. The van der Waals surface area contributed by atoms with E-state index in [0.717, 1.165) is 30.7 Å². The largest absolute Gasteiger partial charge is 0.388 e. The van der Waals surface area contributed by atoms with E-state index >= 15 is 0 Å². The summed E-state index contributed by atoms with van der Waals surface area (Å²) in [5, 5.41) is 10.4. The Labute approximate surface area is 137 Å². The Morgan fingerprint density at radius 1 is 1.45 bits per heavy atom. The number of carbonyl (C=O) groups is 1. The first-order valence-corrected chi connectivity index (χ1v) is 9.31. The van der Waals surface area contributed by atoms with E-state index in [1.165, 1.54) is 0 Å². The quantitative estimate of drug-likeness (QED) is 0.807. The lowest BCUT2D eigenvalue weighted by molar-refractivity contribution is -0.133. The van der Waals surface area contributed by atoms with Crippen LogP contribution in [0.15, 0.2) is 30.3 Å². The van der Waals surface area contributed by atoms with Crippen LogP contribution in [-0.4, -0.2) is 46.6 Å². The van der Waals surface area contributed by atoms with E-state index < -0.39 is 12.1 Å². The number of rotatable bonds is 7. The molecule has 1 aliphatic rings. The molecule has 1 aromatic carbocycles. The van der Waals surface area contributed by atoms with Gasteiger partial charge in [0.2, 0.25) is 5.91 Å². The third-order valence-corrected chi connectivity index (χ3v) is 4.93. The molecule has 4 nitrogen and oxygen atoms in total. The van der Waals surface area contributed by atoms with Gasteiger partial charge in [-0.3, -0.25) is 4.79 Å². The van der Waals surface area contributed by atoms with Crippen molar-refractivity contribution in [2.45, 2.75) is 43.9 Å². The van der Waals surface area contributed by atoms with Crippen molar-refractivity contribution >= 4 is 17.7 Å². The minimum atomic E-state index is -0.526. The third-order valence-electron chi connectivity index (χ3n) is 4.29. The average molecular weight is 322 g/mol. The molecule has 3 N–H and O–H groups in total. The first-order chi connectivity index (χ1) is 10.6. The van der Waals surface area contributed by atoms with Crippen molar-refractivity contribution in [3.63, 3.8) is 0 Å². The first kappa shape index (κ1) is 17.3. The Kier molecular flexibility index (Phi) is 6.73. The number of amides is 1. The number of nitrogens with two attached hydrogens (primary N) is 1. The van der Waals surface area contributed by atoms with Crippen LogP contribution in [0.3, 0.4) is 0 Å². The van der Waals surface area contributed by atoms with E-state index in [9.17, 15) is 9.90 Å². The second-order valence-electron chi connectivity index (χ2n) is 5.88. The molecule has 0 aliphatic carbocycles. The van der Waals surface area contributed by atoms with Gasteiger partial charge in [-0.05, 0) is 43.3 Å². The molecule has 0 radical (unpaired) electrons. The van der Waals surface area contributed by atoms with Crippen molar-refractivity contribution in [1.29, 1.82) is 0 Å². The van der Waals surface area contributed by atoms with Gasteiger partial charge in [-0.15, -0.1) is 0 Å². The maximum Gasteiger partial charge on any atom is 0.239 e. The summed E-state index contributed by atoms with van der Waals surface area (Å²) in [7, 11) is 0. The minimum absolute atomic E-state index is 0.0387. The number of carbonyl (C=O) groups excluding carboxylic acids is 1. The molecule has 122 valence electrons. The number of aliphatic hydroxyl groups is 1. The van der Waals surface area contributed by atoms with Gasteiger partial charge < -0.3 is 15.7 Å². The highest BCUT2D eigenvalue weighted by Crippen LogP contribution is 2.28. The van der Waals surface area contributed by atoms with Gasteiger partial charge >= 0.3 is 0 Å². The van der Waals surface area contributed by atoms with Crippen molar-refractivity contribution < 1.29 is 9.90 Å². The van der Waals surface area contributed by atoms with Crippen molar-refractivity contribution in [1.82, 2.24) is 4.90 Å². The lowest BCUT2D eigenvalue weighted by atomic mass is 10.00. The van der Waals surface area contributed by atoms with Gasteiger partial charge in [-0.1, -0.05) is 30.3 Å². The SMILES string of the molecule is CSCC[C@H](N)C(=O)N1CCCC1CC(O)c1ccccc1. The van der Waals surface area contributed by atoms with Crippen molar-refractivity contribution in [3.8, 4) is 0 Å². The van der Waals surface area contributed by atoms with Crippen molar-refractivity contribution in [3.05, 3.63) is 35.9 Å². The van der Waals surface area contributed by atoms with Crippen LogP contribution in [0.25, 0.3) is 0 Å². The van der Waals surface area contributed by atoms with E-state index in [0.29, 0.717) is 12.8 Å². The zero-order valence-corrected chi connectivity index (χ0v) is 14.0. The van der Waals surface area contributed by atoms with Crippen LogP contribution in [0.5, 0.6) is 0 Å². The van der Waals surface area contributed by atoms with Crippen LogP contribution in [0.4, 0.5) is 0 Å². The molecule has 3 atom stereocenters. The van der Waals surface area contributed by atoms with Crippen LogP contribution in [0, 0.1) is 0 Å². The first-order valence-electron chi connectivity index (χ1n) is 7.91. The van der Waals surface area contributed by atoms with Crippen molar-refractivity contribution in [2.24, 2.45) is 5.73 Å². The molecule has 0 spiro atoms. The number of nitrogens with zero attached hydrogens (tertiary/aromatic N) is 1. The molecule has 1 aromatic rings. The molecule has 1 heterocycles. The number of hydrogen-bond acceptors (Lipinski definition) is 4. The molecule has 2 unspecified atom stereocenters. The predicted octanol–water partition coefficient (Wildman–Crippen LogP) is 2.18. The third kappa shape index (κ3) is 4.48. The maximum atomic E-state index is 12.5. The Hall–Kier alpha value is -1.04. The van der Waals surface area contributed by atoms with Crippen LogP contribution in [0.2, 0.25) is 0 Å². The molecular formula is C17H26N2O2S. The number of hydrogen-bond donors (Lipinski definition) is 2. The fourth-order valence-electron chi connectivity index (χ4n) is 3.02. The van der Waals surface area contributed by atoms with Gasteiger partial charge in [-0.25, -0.2) is 0 Å².